The Balaban J connectivity index is 2.47. The number of benzene rings is 1. The summed E-state index contributed by atoms with van der Waals surface area (Å²) in [4.78, 5) is 13.8. The fraction of sp³-hybridized carbons (Fsp3) is 0.533. The number of nitrogens with zero attached hydrogens (tertiary/aromatic N) is 1. The highest BCUT2D eigenvalue weighted by Crippen LogP contribution is 2.07. The van der Waals surface area contributed by atoms with Gasteiger partial charge in [-0.05, 0) is 32.4 Å². The Kier molecular flexibility index (Phi) is 6.44. The van der Waals surface area contributed by atoms with Crippen molar-refractivity contribution in [1.82, 2.24) is 4.90 Å². The lowest BCUT2D eigenvalue weighted by atomic mass is 10.1. The molecule has 1 aromatic carbocycles. The van der Waals surface area contributed by atoms with Crippen LogP contribution in [0, 0.1) is 0 Å². The summed E-state index contributed by atoms with van der Waals surface area (Å²) in [5.74, 6) is -0.115. The quantitative estimate of drug-likeness (QED) is 0.695. The number of hydrogen-bond acceptors (Lipinski definition) is 3. The lowest BCUT2D eigenvalue weighted by Gasteiger charge is -2.25. The molecule has 0 fully saturated rings. The van der Waals surface area contributed by atoms with Gasteiger partial charge in [-0.2, -0.15) is 0 Å². The molecule has 0 bridgehead atoms. The van der Waals surface area contributed by atoms with E-state index in [1.165, 1.54) is 5.56 Å². The Morgan fingerprint density at radius 3 is 2.50 bits per heavy atom. The first kappa shape index (κ1) is 14.7. The molecule has 0 saturated carbocycles. The molecule has 1 aromatic rings. The number of carbonyl (C=O) groups is 1. The Morgan fingerprint density at radius 1 is 1.28 bits per heavy atom. The molecule has 0 N–H and O–H groups in total. The monoisotopic (exact) mass is 249 g/mol. The number of esters is 1. The molecule has 0 amide bonds. The van der Waals surface area contributed by atoms with E-state index >= 15 is 0 Å². The van der Waals surface area contributed by atoms with Crippen LogP contribution in [-0.4, -0.2) is 37.1 Å². The van der Waals surface area contributed by atoms with Crippen LogP contribution in [0.1, 0.15) is 25.8 Å². The molecule has 3 nitrogen and oxygen atoms in total. The van der Waals surface area contributed by atoms with Gasteiger partial charge in [0.1, 0.15) is 6.04 Å². The summed E-state index contributed by atoms with van der Waals surface area (Å²) in [6, 6.07) is 10.2. The van der Waals surface area contributed by atoms with Crippen LogP contribution in [0.15, 0.2) is 30.3 Å². The number of carbonyl (C=O) groups excluding carboxylic acids is 1. The van der Waals surface area contributed by atoms with Crippen molar-refractivity contribution in [2.75, 3.05) is 20.2 Å². The van der Waals surface area contributed by atoms with Gasteiger partial charge < -0.3 is 4.74 Å². The Morgan fingerprint density at radius 2 is 1.94 bits per heavy atom. The lowest BCUT2D eigenvalue weighted by Crippen LogP contribution is -2.40. The molecule has 0 heterocycles. The van der Waals surface area contributed by atoms with Crippen LogP contribution in [0.25, 0.3) is 0 Å². The molecular formula is C15H23NO2. The van der Waals surface area contributed by atoms with Crippen molar-refractivity contribution >= 4 is 5.97 Å². The van der Waals surface area contributed by atoms with Gasteiger partial charge in [-0.3, -0.25) is 9.69 Å². The van der Waals surface area contributed by atoms with E-state index in [4.69, 9.17) is 4.74 Å². The summed E-state index contributed by atoms with van der Waals surface area (Å²) in [7, 11) is 1.98. The summed E-state index contributed by atoms with van der Waals surface area (Å²) >= 11 is 0. The van der Waals surface area contributed by atoms with Crippen LogP contribution in [0.2, 0.25) is 0 Å². The second-order valence-electron chi connectivity index (χ2n) is 4.39. The zero-order valence-corrected chi connectivity index (χ0v) is 11.6. The Bertz CT molecular complexity index is 351. The van der Waals surface area contributed by atoms with Gasteiger partial charge in [0.25, 0.3) is 0 Å². The predicted octanol–water partition coefficient (Wildman–Crippen LogP) is 2.50. The van der Waals surface area contributed by atoms with Crippen molar-refractivity contribution in [3.8, 4) is 0 Å². The van der Waals surface area contributed by atoms with Crippen LogP contribution < -0.4 is 0 Å². The number of ether oxygens (including phenoxy) is 1. The third-order valence-corrected chi connectivity index (χ3v) is 3.07. The van der Waals surface area contributed by atoms with Crippen LogP contribution >= 0.6 is 0 Å². The smallest absolute Gasteiger partial charge is 0.323 e. The lowest BCUT2D eigenvalue weighted by molar-refractivity contribution is -0.149. The maximum absolute atomic E-state index is 11.8. The van der Waals surface area contributed by atoms with Gasteiger partial charge in [0, 0.05) is 6.54 Å². The normalized spacial score (nSPS) is 12.4. The van der Waals surface area contributed by atoms with Gasteiger partial charge in [-0.25, -0.2) is 0 Å². The third kappa shape index (κ3) is 4.49. The van der Waals surface area contributed by atoms with E-state index in [0.29, 0.717) is 6.61 Å². The maximum Gasteiger partial charge on any atom is 0.323 e. The maximum atomic E-state index is 11.8. The van der Waals surface area contributed by atoms with Gasteiger partial charge in [0.05, 0.1) is 6.61 Å². The van der Waals surface area contributed by atoms with Crippen molar-refractivity contribution < 1.29 is 9.53 Å². The van der Waals surface area contributed by atoms with Crippen LogP contribution in [0.4, 0.5) is 0 Å². The second-order valence-corrected chi connectivity index (χ2v) is 4.39. The molecule has 18 heavy (non-hydrogen) atoms. The minimum Gasteiger partial charge on any atom is -0.465 e. The van der Waals surface area contributed by atoms with Crippen molar-refractivity contribution in [2.24, 2.45) is 0 Å². The highest BCUT2D eigenvalue weighted by Gasteiger charge is 2.21. The SMILES string of the molecule is CCOC(=O)C(CC)N(C)CCc1ccccc1. The van der Waals surface area contributed by atoms with Crippen molar-refractivity contribution in [3.05, 3.63) is 35.9 Å². The zero-order valence-electron chi connectivity index (χ0n) is 11.6. The minimum atomic E-state index is -0.131. The first-order valence-corrected chi connectivity index (χ1v) is 6.59. The molecule has 0 aliphatic rings. The number of likely N-dealkylation sites (N-methyl/N-ethyl adjacent to an activating group) is 1. The average Bonchev–Trinajstić information content (AvgIpc) is 2.39. The molecule has 0 aliphatic heterocycles. The van der Waals surface area contributed by atoms with E-state index in [0.717, 1.165) is 19.4 Å². The molecule has 1 unspecified atom stereocenters. The van der Waals surface area contributed by atoms with Crippen molar-refractivity contribution in [2.45, 2.75) is 32.7 Å². The fourth-order valence-electron chi connectivity index (χ4n) is 2.00. The van der Waals surface area contributed by atoms with E-state index in [1.54, 1.807) is 0 Å². The molecule has 1 rings (SSSR count). The van der Waals surface area contributed by atoms with Crippen LogP contribution in [0.5, 0.6) is 0 Å². The Labute approximate surface area is 110 Å². The van der Waals surface area contributed by atoms with Gasteiger partial charge in [0.15, 0.2) is 0 Å². The third-order valence-electron chi connectivity index (χ3n) is 3.07. The fourth-order valence-corrected chi connectivity index (χ4v) is 2.00. The van der Waals surface area contributed by atoms with E-state index in [9.17, 15) is 4.79 Å². The standard InChI is InChI=1S/C15H23NO2/c1-4-14(15(17)18-5-2)16(3)12-11-13-9-7-6-8-10-13/h6-10,14H,4-5,11-12H2,1-3H3. The van der Waals surface area contributed by atoms with Gasteiger partial charge in [-0.1, -0.05) is 37.3 Å². The molecular weight excluding hydrogens is 226 g/mol. The van der Waals surface area contributed by atoms with Crippen molar-refractivity contribution in [1.29, 1.82) is 0 Å². The summed E-state index contributed by atoms with van der Waals surface area (Å²) in [5, 5.41) is 0. The van der Waals surface area contributed by atoms with Crippen LogP contribution in [0.3, 0.4) is 0 Å². The highest BCUT2D eigenvalue weighted by atomic mass is 16.5. The molecule has 1 atom stereocenters. The van der Waals surface area contributed by atoms with E-state index < -0.39 is 0 Å². The molecule has 0 saturated heterocycles. The summed E-state index contributed by atoms with van der Waals surface area (Å²) in [6.45, 7) is 5.17. The van der Waals surface area contributed by atoms with Gasteiger partial charge in [0.2, 0.25) is 0 Å². The van der Waals surface area contributed by atoms with Gasteiger partial charge >= 0.3 is 5.97 Å². The first-order chi connectivity index (χ1) is 8.69. The first-order valence-electron chi connectivity index (χ1n) is 6.59. The van der Waals surface area contributed by atoms with E-state index in [2.05, 4.69) is 17.0 Å². The largest absolute Gasteiger partial charge is 0.465 e. The Hall–Kier alpha value is -1.35. The molecule has 0 spiro atoms. The zero-order chi connectivity index (χ0) is 13.4. The summed E-state index contributed by atoms with van der Waals surface area (Å²) < 4.78 is 5.09. The topological polar surface area (TPSA) is 29.5 Å². The highest BCUT2D eigenvalue weighted by molar-refractivity contribution is 5.75. The molecule has 0 radical (unpaired) electrons. The summed E-state index contributed by atoms with van der Waals surface area (Å²) in [6.07, 6.45) is 1.73. The van der Waals surface area contributed by atoms with Crippen molar-refractivity contribution in [3.63, 3.8) is 0 Å². The second kappa shape index (κ2) is 7.88. The van der Waals surface area contributed by atoms with E-state index in [1.807, 2.05) is 39.1 Å². The predicted molar refractivity (Wildman–Crippen MR) is 73.5 cm³/mol. The average molecular weight is 249 g/mol. The number of hydrogen-bond donors (Lipinski definition) is 0. The molecule has 100 valence electrons. The summed E-state index contributed by atoms with van der Waals surface area (Å²) in [5.41, 5.74) is 1.29. The van der Waals surface area contributed by atoms with E-state index in [-0.39, 0.29) is 12.0 Å². The molecule has 0 aliphatic carbocycles. The molecule has 3 heteroatoms. The molecule has 0 aromatic heterocycles. The minimum absolute atomic E-state index is 0.115. The number of rotatable bonds is 7. The van der Waals surface area contributed by atoms with Crippen LogP contribution in [-0.2, 0) is 16.0 Å². The van der Waals surface area contributed by atoms with Gasteiger partial charge in [-0.15, -0.1) is 0 Å².